The molecule has 0 aromatic heterocycles. The molecule has 0 saturated heterocycles. The zero-order chi connectivity index (χ0) is 13.0. The van der Waals surface area contributed by atoms with E-state index in [2.05, 4.69) is 75.4 Å². The van der Waals surface area contributed by atoms with Crippen LogP contribution in [0, 0.1) is 0 Å². The van der Waals surface area contributed by atoms with Gasteiger partial charge in [-0.05, 0) is 0 Å². The van der Waals surface area contributed by atoms with Crippen molar-refractivity contribution in [3.8, 4) is 0 Å². The molecule has 18 heavy (non-hydrogen) atoms. The summed E-state index contributed by atoms with van der Waals surface area (Å²) in [7, 11) is 0. The van der Waals surface area contributed by atoms with Crippen molar-refractivity contribution >= 4 is 35.2 Å². The van der Waals surface area contributed by atoms with E-state index in [1.54, 1.807) is 0 Å². The minimum absolute atomic E-state index is 0.260. The van der Waals surface area contributed by atoms with E-state index < -0.39 is 0 Å². The van der Waals surface area contributed by atoms with Crippen molar-refractivity contribution in [2.24, 2.45) is 0 Å². The van der Waals surface area contributed by atoms with Crippen LogP contribution >= 0.6 is 0 Å². The molecule has 0 fully saturated rings. The Kier molecular flexibility index (Phi) is 4.70. The van der Waals surface area contributed by atoms with Gasteiger partial charge >= 0.3 is 122 Å². The molecule has 0 atom stereocenters. The van der Waals surface area contributed by atoms with Crippen molar-refractivity contribution in [3.63, 3.8) is 0 Å². The molecule has 0 amide bonds. The third-order valence-corrected chi connectivity index (χ3v) is 9.93. The predicted molar refractivity (Wildman–Crippen MR) is 82.4 cm³/mol. The van der Waals surface area contributed by atoms with Crippen LogP contribution in [0.1, 0.15) is 26.3 Å². The van der Waals surface area contributed by atoms with Crippen LogP contribution in [-0.2, 0) is 5.41 Å². The molecule has 0 radical (unpaired) electrons. The average molecular weight is 368 g/mol. The number of hydrogen-bond acceptors (Lipinski definition) is 0. The molecule has 2 rings (SSSR count). The zero-order valence-corrected chi connectivity index (χ0v) is 14.4. The second kappa shape index (κ2) is 6.08. The van der Waals surface area contributed by atoms with Crippen LogP contribution in [0.25, 0.3) is 0 Å². The summed E-state index contributed by atoms with van der Waals surface area (Å²) in [6.07, 6.45) is 0. The minimum atomic E-state index is 0.260. The Hall–Kier alpha value is -0.521. The predicted octanol–water partition coefficient (Wildman–Crippen LogP) is 2.26. The van der Waals surface area contributed by atoms with Crippen LogP contribution in [0.15, 0.2) is 54.6 Å². The molecule has 0 unspecified atom stereocenters. The molecule has 0 spiro atoms. The van der Waals surface area contributed by atoms with Crippen LogP contribution in [0.5, 0.6) is 0 Å². The Balaban J connectivity index is 1.99. The SMILES string of the molecule is CC(C)(C)c1ccc([Se][Se]c2ccccc2)cc1. The van der Waals surface area contributed by atoms with E-state index in [4.69, 9.17) is 0 Å². The topological polar surface area (TPSA) is 0 Å². The molecular weight excluding hydrogens is 350 g/mol. The Bertz CT molecular complexity index is 481. The average Bonchev–Trinajstić information content (AvgIpc) is 2.37. The van der Waals surface area contributed by atoms with E-state index in [-0.39, 0.29) is 5.41 Å². The van der Waals surface area contributed by atoms with Crippen molar-refractivity contribution < 1.29 is 0 Å². The summed E-state index contributed by atoms with van der Waals surface area (Å²) in [5, 5.41) is 0. The summed E-state index contributed by atoms with van der Waals surface area (Å²) < 4.78 is 3.02. The summed E-state index contributed by atoms with van der Waals surface area (Å²) in [6.45, 7) is 6.79. The van der Waals surface area contributed by atoms with Gasteiger partial charge in [0.2, 0.25) is 0 Å². The maximum absolute atomic E-state index is 2.31. The molecule has 0 aliphatic carbocycles. The standard InChI is InChI=1S/C16H18Se2/c1-16(2,3)13-9-11-15(12-10-13)18-17-14-7-5-4-6-8-14/h4-12H,1-3H3. The Morgan fingerprint density at radius 2 is 1.17 bits per heavy atom. The van der Waals surface area contributed by atoms with E-state index >= 15 is 0 Å². The van der Waals surface area contributed by atoms with Crippen molar-refractivity contribution in [2.75, 3.05) is 0 Å². The molecule has 0 aliphatic heterocycles. The maximum atomic E-state index is 2.31. The van der Waals surface area contributed by atoms with Crippen molar-refractivity contribution in [1.82, 2.24) is 0 Å². The Morgan fingerprint density at radius 1 is 0.667 bits per heavy atom. The Labute approximate surface area is 121 Å². The third-order valence-electron chi connectivity index (χ3n) is 2.70. The van der Waals surface area contributed by atoms with E-state index in [0.717, 1.165) is 0 Å². The van der Waals surface area contributed by atoms with Crippen LogP contribution in [0.2, 0.25) is 0 Å². The molecule has 0 heterocycles. The fourth-order valence-electron chi connectivity index (χ4n) is 1.58. The van der Waals surface area contributed by atoms with Gasteiger partial charge in [0.05, 0.1) is 0 Å². The molecule has 0 nitrogen and oxygen atoms in total. The van der Waals surface area contributed by atoms with Crippen molar-refractivity contribution in [3.05, 3.63) is 60.2 Å². The van der Waals surface area contributed by atoms with Gasteiger partial charge in [0, 0.05) is 0 Å². The van der Waals surface area contributed by atoms with Crippen LogP contribution < -0.4 is 8.92 Å². The molecule has 2 aromatic rings. The first-order chi connectivity index (χ1) is 8.55. The number of hydrogen-bond donors (Lipinski definition) is 0. The summed E-state index contributed by atoms with van der Waals surface area (Å²) in [6, 6.07) is 20.0. The molecule has 0 saturated carbocycles. The van der Waals surface area contributed by atoms with Gasteiger partial charge in [0.25, 0.3) is 0 Å². The summed E-state index contributed by atoms with van der Waals surface area (Å²) >= 11 is 1.21. The van der Waals surface area contributed by atoms with Crippen LogP contribution in [-0.4, -0.2) is 26.3 Å². The van der Waals surface area contributed by atoms with E-state index in [0.29, 0.717) is 26.3 Å². The summed E-state index contributed by atoms with van der Waals surface area (Å²) in [5.41, 5.74) is 1.69. The van der Waals surface area contributed by atoms with Gasteiger partial charge in [-0.1, -0.05) is 0 Å². The first-order valence-electron chi connectivity index (χ1n) is 6.06. The molecule has 94 valence electrons. The van der Waals surface area contributed by atoms with Crippen LogP contribution in [0.4, 0.5) is 0 Å². The summed E-state index contributed by atoms with van der Waals surface area (Å²) in [5.74, 6) is 0. The quantitative estimate of drug-likeness (QED) is 0.730. The number of benzene rings is 2. The van der Waals surface area contributed by atoms with E-state index in [9.17, 15) is 0 Å². The third kappa shape index (κ3) is 4.00. The molecule has 2 heteroatoms. The van der Waals surface area contributed by atoms with Crippen LogP contribution in [0.3, 0.4) is 0 Å². The second-order valence-electron chi connectivity index (χ2n) is 5.25. The molecular formula is C16H18Se2. The molecule has 0 N–H and O–H groups in total. The molecule has 2 aromatic carbocycles. The fraction of sp³-hybridized carbons (Fsp3) is 0.250. The zero-order valence-electron chi connectivity index (χ0n) is 11.0. The summed E-state index contributed by atoms with van der Waals surface area (Å²) in [4.78, 5) is 0. The fourth-order valence-corrected chi connectivity index (χ4v) is 7.59. The van der Waals surface area contributed by atoms with Gasteiger partial charge < -0.3 is 0 Å². The van der Waals surface area contributed by atoms with Gasteiger partial charge in [0.1, 0.15) is 0 Å². The molecule has 0 bridgehead atoms. The van der Waals surface area contributed by atoms with Gasteiger partial charge in [-0.2, -0.15) is 0 Å². The second-order valence-corrected chi connectivity index (χ2v) is 11.6. The first kappa shape index (κ1) is 13.9. The molecule has 0 aliphatic rings. The normalized spacial score (nSPS) is 11.5. The number of rotatable bonds is 3. The van der Waals surface area contributed by atoms with Gasteiger partial charge in [-0.25, -0.2) is 0 Å². The Morgan fingerprint density at radius 3 is 1.67 bits per heavy atom. The van der Waals surface area contributed by atoms with E-state index in [1.165, 1.54) is 14.5 Å². The first-order valence-corrected chi connectivity index (χ1v) is 12.1. The van der Waals surface area contributed by atoms with Crippen molar-refractivity contribution in [2.45, 2.75) is 26.2 Å². The monoisotopic (exact) mass is 370 g/mol. The van der Waals surface area contributed by atoms with Gasteiger partial charge in [-0.15, -0.1) is 0 Å². The van der Waals surface area contributed by atoms with Gasteiger partial charge in [-0.3, -0.25) is 0 Å². The van der Waals surface area contributed by atoms with Gasteiger partial charge in [0.15, 0.2) is 0 Å². The van der Waals surface area contributed by atoms with E-state index in [1.807, 2.05) is 0 Å². The van der Waals surface area contributed by atoms with Crippen molar-refractivity contribution in [1.29, 1.82) is 0 Å².